The van der Waals surface area contributed by atoms with Gasteiger partial charge in [-0.15, -0.1) is 0 Å². The number of aliphatic carboxylic acids is 1. The van der Waals surface area contributed by atoms with E-state index in [4.69, 9.17) is 19.4 Å². The zero-order valence-electron chi connectivity index (χ0n) is 12.2. The van der Waals surface area contributed by atoms with E-state index in [1.54, 1.807) is 20.8 Å². The molecular weight excluding hydrogens is 266 g/mol. The number of hydrogen-bond donors (Lipinski definition) is 2. The Labute approximate surface area is 118 Å². The minimum atomic E-state index is -0.882. The van der Waals surface area contributed by atoms with Crippen LogP contribution in [0.2, 0.25) is 0 Å². The molecule has 1 fully saturated rings. The van der Waals surface area contributed by atoms with E-state index in [-0.39, 0.29) is 13.0 Å². The third-order valence-electron chi connectivity index (χ3n) is 3.01. The van der Waals surface area contributed by atoms with Crippen LogP contribution in [0.4, 0.5) is 4.79 Å². The van der Waals surface area contributed by atoms with E-state index in [0.29, 0.717) is 26.1 Å². The number of amides is 1. The minimum absolute atomic E-state index is 0.00758. The van der Waals surface area contributed by atoms with E-state index in [2.05, 4.69) is 5.48 Å². The van der Waals surface area contributed by atoms with Crippen LogP contribution >= 0.6 is 0 Å². The summed E-state index contributed by atoms with van der Waals surface area (Å²) in [5.41, 5.74) is 1.08. The summed E-state index contributed by atoms with van der Waals surface area (Å²) in [6, 6.07) is 0. The van der Waals surface area contributed by atoms with Gasteiger partial charge in [0.2, 0.25) is 0 Å². The van der Waals surface area contributed by atoms with E-state index < -0.39 is 23.1 Å². The topological polar surface area (TPSA) is 94.1 Å². The molecule has 0 aromatic carbocycles. The lowest BCUT2D eigenvalue weighted by Gasteiger charge is -2.35. The molecule has 20 heavy (non-hydrogen) atoms. The molecule has 1 aliphatic heterocycles. The van der Waals surface area contributed by atoms with Gasteiger partial charge in [-0.3, -0.25) is 9.63 Å². The summed E-state index contributed by atoms with van der Waals surface area (Å²) in [4.78, 5) is 27.5. The monoisotopic (exact) mass is 289 g/mol. The summed E-state index contributed by atoms with van der Waals surface area (Å²) in [5, 5.41) is 8.98. The summed E-state index contributed by atoms with van der Waals surface area (Å²) in [7, 11) is 0. The molecule has 1 aliphatic rings. The molecule has 0 unspecified atom stereocenters. The maximum atomic E-state index is 11.4. The average molecular weight is 289 g/mol. The Morgan fingerprint density at radius 3 is 2.40 bits per heavy atom. The van der Waals surface area contributed by atoms with Gasteiger partial charge in [0.25, 0.3) is 0 Å². The Morgan fingerprint density at radius 2 is 1.90 bits per heavy atom. The van der Waals surface area contributed by atoms with Crippen molar-refractivity contribution >= 4 is 12.1 Å². The van der Waals surface area contributed by atoms with Gasteiger partial charge >= 0.3 is 12.1 Å². The third kappa shape index (κ3) is 6.21. The highest BCUT2D eigenvalue weighted by Gasteiger charge is 2.36. The first-order valence-corrected chi connectivity index (χ1v) is 6.63. The van der Waals surface area contributed by atoms with Crippen molar-refractivity contribution in [2.75, 3.05) is 19.8 Å². The third-order valence-corrected chi connectivity index (χ3v) is 3.01. The van der Waals surface area contributed by atoms with E-state index in [9.17, 15) is 9.59 Å². The first kappa shape index (κ1) is 16.7. The van der Waals surface area contributed by atoms with E-state index in [1.807, 2.05) is 0 Å². The van der Waals surface area contributed by atoms with Crippen molar-refractivity contribution in [2.24, 2.45) is 5.41 Å². The zero-order chi connectivity index (χ0) is 15.2. The van der Waals surface area contributed by atoms with Crippen molar-refractivity contribution < 1.29 is 29.0 Å². The molecule has 1 rings (SSSR count). The van der Waals surface area contributed by atoms with Crippen molar-refractivity contribution in [1.29, 1.82) is 0 Å². The number of nitrogens with one attached hydrogen (secondary N) is 1. The summed E-state index contributed by atoms with van der Waals surface area (Å²) in [5.74, 6) is -0.882. The van der Waals surface area contributed by atoms with Crippen LogP contribution in [0.5, 0.6) is 0 Å². The maximum Gasteiger partial charge on any atom is 0.431 e. The molecule has 116 valence electrons. The van der Waals surface area contributed by atoms with Crippen molar-refractivity contribution in [3.05, 3.63) is 0 Å². The van der Waals surface area contributed by atoms with Crippen molar-refractivity contribution in [2.45, 2.75) is 45.6 Å². The molecule has 0 aromatic rings. The smallest absolute Gasteiger partial charge is 0.431 e. The number of hydroxylamine groups is 1. The number of carboxylic acids is 1. The molecule has 2 N–H and O–H groups in total. The molecule has 1 amide bonds. The van der Waals surface area contributed by atoms with Crippen LogP contribution in [0.15, 0.2) is 0 Å². The van der Waals surface area contributed by atoms with Crippen LogP contribution in [0.1, 0.15) is 40.0 Å². The lowest BCUT2D eigenvalue weighted by molar-refractivity contribution is -0.145. The van der Waals surface area contributed by atoms with Gasteiger partial charge in [0.05, 0.1) is 13.0 Å². The molecule has 7 nitrogen and oxygen atoms in total. The number of carbonyl (C=O) groups excluding carboxylic acids is 1. The quantitative estimate of drug-likeness (QED) is 0.748. The number of carboxylic acid groups (broad SMARTS) is 1. The van der Waals surface area contributed by atoms with Gasteiger partial charge in [0, 0.05) is 18.6 Å². The van der Waals surface area contributed by atoms with Crippen molar-refractivity contribution in [3.63, 3.8) is 0 Å². The molecule has 0 spiro atoms. The molecule has 1 heterocycles. The molecule has 7 heteroatoms. The number of carbonyl (C=O) groups is 2. The lowest BCUT2D eigenvalue weighted by atomic mass is 9.78. The molecule has 0 aliphatic carbocycles. The van der Waals surface area contributed by atoms with Gasteiger partial charge < -0.3 is 14.6 Å². The summed E-state index contributed by atoms with van der Waals surface area (Å²) in [6.07, 6.45) is 0.492. The van der Waals surface area contributed by atoms with Gasteiger partial charge in [0.1, 0.15) is 5.60 Å². The van der Waals surface area contributed by atoms with Crippen LogP contribution < -0.4 is 5.48 Å². The van der Waals surface area contributed by atoms with Gasteiger partial charge in [-0.05, 0) is 33.6 Å². The predicted octanol–water partition coefficient (Wildman–Crippen LogP) is 1.71. The fourth-order valence-electron chi connectivity index (χ4n) is 2.04. The van der Waals surface area contributed by atoms with Gasteiger partial charge in [0.15, 0.2) is 0 Å². The van der Waals surface area contributed by atoms with E-state index in [0.717, 1.165) is 0 Å². The lowest BCUT2D eigenvalue weighted by Crippen LogP contribution is -2.40. The van der Waals surface area contributed by atoms with Crippen LogP contribution in [0.25, 0.3) is 0 Å². The molecule has 0 radical (unpaired) electrons. The number of hydrogen-bond acceptors (Lipinski definition) is 5. The minimum Gasteiger partial charge on any atom is -0.481 e. The molecule has 0 bridgehead atoms. The predicted molar refractivity (Wildman–Crippen MR) is 70.1 cm³/mol. The highest BCUT2D eigenvalue weighted by molar-refractivity contribution is 5.68. The van der Waals surface area contributed by atoms with Crippen LogP contribution in [-0.4, -0.2) is 42.6 Å². The van der Waals surface area contributed by atoms with Crippen LogP contribution in [-0.2, 0) is 19.1 Å². The van der Waals surface area contributed by atoms with Gasteiger partial charge in [-0.25, -0.2) is 4.79 Å². The van der Waals surface area contributed by atoms with E-state index in [1.165, 1.54) is 0 Å². The molecule has 1 saturated heterocycles. The Balaban J connectivity index is 2.43. The van der Waals surface area contributed by atoms with Gasteiger partial charge in [-0.2, -0.15) is 5.48 Å². The Morgan fingerprint density at radius 1 is 1.30 bits per heavy atom. The second kappa shape index (κ2) is 6.90. The fraction of sp³-hybridized carbons (Fsp3) is 0.846. The summed E-state index contributed by atoms with van der Waals surface area (Å²) in [6.45, 7) is 6.37. The molecule has 0 atom stereocenters. The number of ether oxygens (including phenoxy) is 2. The SMILES string of the molecule is CC(C)(C)OC(=O)NOCC1(CC(=O)O)CCOCC1. The normalized spacial score (nSPS) is 18.4. The standard InChI is InChI=1S/C13H23NO6/c1-12(2,3)20-11(17)14-19-9-13(8-10(15)16)4-6-18-7-5-13/h4-9H2,1-3H3,(H,14,17)(H,15,16). The first-order chi connectivity index (χ1) is 9.22. The molecule has 0 aromatic heterocycles. The van der Waals surface area contributed by atoms with Crippen LogP contribution in [0.3, 0.4) is 0 Å². The highest BCUT2D eigenvalue weighted by atomic mass is 16.7. The maximum absolute atomic E-state index is 11.4. The fourth-order valence-corrected chi connectivity index (χ4v) is 2.04. The van der Waals surface area contributed by atoms with Gasteiger partial charge in [-0.1, -0.05) is 0 Å². The Bertz CT molecular complexity index is 343. The Hall–Kier alpha value is -1.34. The largest absolute Gasteiger partial charge is 0.481 e. The van der Waals surface area contributed by atoms with Crippen molar-refractivity contribution in [1.82, 2.24) is 5.48 Å². The number of rotatable bonds is 5. The summed E-state index contributed by atoms with van der Waals surface area (Å²) < 4.78 is 10.3. The highest BCUT2D eigenvalue weighted by Crippen LogP contribution is 2.34. The second-order valence-electron chi connectivity index (χ2n) is 6.08. The average Bonchev–Trinajstić information content (AvgIpc) is 2.26. The summed E-state index contributed by atoms with van der Waals surface area (Å²) >= 11 is 0. The molecular formula is C13H23NO6. The van der Waals surface area contributed by atoms with Crippen molar-refractivity contribution in [3.8, 4) is 0 Å². The van der Waals surface area contributed by atoms with E-state index >= 15 is 0 Å². The Kier molecular flexibility index (Phi) is 5.76. The molecule has 0 saturated carbocycles. The van der Waals surface area contributed by atoms with Crippen LogP contribution in [0, 0.1) is 5.41 Å². The second-order valence-corrected chi connectivity index (χ2v) is 6.08. The first-order valence-electron chi connectivity index (χ1n) is 6.63. The zero-order valence-corrected chi connectivity index (χ0v) is 12.2.